The highest BCUT2D eigenvalue weighted by Crippen LogP contribution is 2.41. The van der Waals surface area contributed by atoms with Crippen LogP contribution in [0.15, 0.2) is 16.6 Å². The van der Waals surface area contributed by atoms with Crippen LogP contribution in [0.1, 0.15) is 32.4 Å². The first-order chi connectivity index (χ1) is 7.89. The van der Waals surface area contributed by atoms with Gasteiger partial charge in [0.2, 0.25) is 0 Å². The second kappa shape index (κ2) is 4.50. The maximum atomic E-state index is 6.28. The lowest BCUT2D eigenvalue weighted by Crippen LogP contribution is -2.27. The first kappa shape index (κ1) is 12.7. The van der Waals surface area contributed by atoms with Gasteiger partial charge in [0.1, 0.15) is 13.2 Å². The molecule has 3 nitrogen and oxygen atoms in total. The lowest BCUT2D eigenvalue weighted by molar-refractivity contribution is 0.171. The Morgan fingerprint density at radius 2 is 1.71 bits per heavy atom. The number of ether oxygens (including phenoxy) is 2. The first-order valence-electron chi connectivity index (χ1n) is 5.74. The van der Waals surface area contributed by atoms with Crippen molar-refractivity contribution in [2.45, 2.75) is 26.8 Å². The van der Waals surface area contributed by atoms with Gasteiger partial charge in [-0.15, -0.1) is 0 Å². The van der Waals surface area contributed by atoms with Gasteiger partial charge in [-0.2, -0.15) is 0 Å². The van der Waals surface area contributed by atoms with E-state index in [1.165, 1.54) is 0 Å². The van der Waals surface area contributed by atoms with E-state index in [-0.39, 0.29) is 11.5 Å². The number of fused-ring (bicyclic) bond motifs is 1. The van der Waals surface area contributed by atoms with E-state index in [1.807, 2.05) is 12.1 Å². The molecule has 0 saturated heterocycles. The summed E-state index contributed by atoms with van der Waals surface area (Å²) < 4.78 is 12.1. The summed E-state index contributed by atoms with van der Waals surface area (Å²) in [6, 6.07) is 3.87. The standard InChI is InChI=1S/C13H18BrNO2/c1-13(2,3)12(15)8-6-10-11(7-9(8)14)17-5-4-16-10/h6-7,12H,4-5,15H2,1-3H3. The van der Waals surface area contributed by atoms with E-state index >= 15 is 0 Å². The van der Waals surface area contributed by atoms with Gasteiger partial charge in [-0.1, -0.05) is 36.7 Å². The van der Waals surface area contributed by atoms with Gasteiger partial charge in [-0.25, -0.2) is 0 Å². The molecular formula is C13H18BrNO2. The summed E-state index contributed by atoms with van der Waals surface area (Å²) in [4.78, 5) is 0. The molecule has 17 heavy (non-hydrogen) atoms. The molecule has 1 heterocycles. The van der Waals surface area contributed by atoms with Crippen molar-refractivity contribution in [2.24, 2.45) is 11.1 Å². The molecule has 1 aliphatic rings. The molecule has 94 valence electrons. The van der Waals surface area contributed by atoms with Gasteiger partial charge >= 0.3 is 0 Å². The lowest BCUT2D eigenvalue weighted by Gasteiger charge is -2.29. The molecule has 2 rings (SSSR count). The Morgan fingerprint density at radius 1 is 1.18 bits per heavy atom. The SMILES string of the molecule is CC(C)(C)C(N)c1cc2c(cc1Br)OCCO2. The summed E-state index contributed by atoms with van der Waals surface area (Å²) in [5.41, 5.74) is 7.34. The number of benzene rings is 1. The van der Waals surface area contributed by atoms with Crippen LogP contribution in [0.4, 0.5) is 0 Å². The third kappa shape index (κ3) is 2.58. The highest BCUT2D eigenvalue weighted by atomic mass is 79.9. The average Bonchev–Trinajstić information content (AvgIpc) is 2.26. The van der Waals surface area contributed by atoms with E-state index in [0.29, 0.717) is 13.2 Å². The smallest absolute Gasteiger partial charge is 0.162 e. The second-order valence-corrected chi connectivity index (χ2v) is 6.22. The fraction of sp³-hybridized carbons (Fsp3) is 0.538. The summed E-state index contributed by atoms with van der Waals surface area (Å²) in [6.07, 6.45) is 0. The van der Waals surface area contributed by atoms with Gasteiger partial charge in [-0.3, -0.25) is 0 Å². The fourth-order valence-electron chi connectivity index (χ4n) is 1.78. The molecule has 0 aromatic heterocycles. The minimum absolute atomic E-state index is 0.00623. The predicted octanol–water partition coefficient (Wildman–Crippen LogP) is 3.27. The average molecular weight is 300 g/mol. The Bertz CT molecular complexity index is 426. The van der Waals surface area contributed by atoms with E-state index in [0.717, 1.165) is 21.5 Å². The van der Waals surface area contributed by atoms with E-state index in [2.05, 4.69) is 36.7 Å². The Labute approximate surface area is 110 Å². The maximum Gasteiger partial charge on any atom is 0.162 e. The highest BCUT2D eigenvalue weighted by molar-refractivity contribution is 9.10. The van der Waals surface area contributed by atoms with E-state index in [4.69, 9.17) is 15.2 Å². The van der Waals surface area contributed by atoms with Crippen LogP contribution in [-0.2, 0) is 0 Å². The van der Waals surface area contributed by atoms with Crippen LogP contribution >= 0.6 is 15.9 Å². The fourth-order valence-corrected chi connectivity index (χ4v) is 2.35. The largest absolute Gasteiger partial charge is 0.486 e. The van der Waals surface area contributed by atoms with Crippen LogP contribution in [0.5, 0.6) is 11.5 Å². The number of hydrogen-bond acceptors (Lipinski definition) is 3. The zero-order valence-electron chi connectivity index (χ0n) is 10.4. The van der Waals surface area contributed by atoms with Crippen LogP contribution in [0, 0.1) is 5.41 Å². The van der Waals surface area contributed by atoms with Gasteiger partial charge in [0.25, 0.3) is 0 Å². The zero-order chi connectivity index (χ0) is 12.6. The lowest BCUT2D eigenvalue weighted by atomic mass is 9.83. The topological polar surface area (TPSA) is 44.5 Å². The molecule has 0 saturated carbocycles. The maximum absolute atomic E-state index is 6.28. The molecule has 1 aliphatic heterocycles. The molecule has 0 fully saturated rings. The van der Waals surface area contributed by atoms with E-state index in [9.17, 15) is 0 Å². The molecule has 2 N–H and O–H groups in total. The zero-order valence-corrected chi connectivity index (χ0v) is 12.0. The molecule has 0 amide bonds. The second-order valence-electron chi connectivity index (χ2n) is 5.36. The van der Waals surface area contributed by atoms with Crippen LogP contribution < -0.4 is 15.2 Å². The quantitative estimate of drug-likeness (QED) is 0.865. The van der Waals surface area contributed by atoms with Crippen molar-refractivity contribution in [1.29, 1.82) is 0 Å². The Morgan fingerprint density at radius 3 is 2.24 bits per heavy atom. The van der Waals surface area contributed by atoms with Gasteiger partial charge < -0.3 is 15.2 Å². The van der Waals surface area contributed by atoms with Crippen LogP contribution in [0.3, 0.4) is 0 Å². The molecule has 1 aromatic rings. The number of hydrogen-bond donors (Lipinski definition) is 1. The monoisotopic (exact) mass is 299 g/mol. The summed E-state index contributed by atoms with van der Waals surface area (Å²) >= 11 is 3.55. The summed E-state index contributed by atoms with van der Waals surface area (Å²) in [5.74, 6) is 1.57. The van der Waals surface area contributed by atoms with Crippen LogP contribution in [-0.4, -0.2) is 13.2 Å². The molecule has 1 unspecified atom stereocenters. The van der Waals surface area contributed by atoms with Crippen molar-refractivity contribution in [3.8, 4) is 11.5 Å². The number of rotatable bonds is 1. The van der Waals surface area contributed by atoms with Gasteiger partial charge in [0.05, 0.1) is 0 Å². The van der Waals surface area contributed by atoms with Gasteiger partial charge in [0, 0.05) is 10.5 Å². The van der Waals surface area contributed by atoms with E-state index < -0.39 is 0 Å². The molecule has 0 aliphatic carbocycles. The van der Waals surface area contributed by atoms with Crippen molar-refractivity contribution < 1.29 is 9.47 Å². The van der Waals surface area contributed by atoms with Crippen molar-refractivity contribution in [3.63, 3.8) is 0 Å². The molecular weight excluding hydrogens is 282 g/mol. The molecule has 0 radical (unpaired) electrons. The minimum Gasteiger partial charge on any atom is -0.486 e. The summed E-state index contributed by atoms with van der Waals surface area (Å²) in [5, 5.41) is 0. The minimum atomic E-state index is -0.0484. The molecule has 1 atom stereocenters. The molecule has 0 bridgehead atoms. The number of nitrogens with two attached hydrogens (primary N) is 1. The Hall–Kier alpha value is -0.740. The number of halogens is 1. The molecule has 0 spiro atoms. The van der Waals surface area contributed by atoms with Gasteiger partial charge in [-0.05, 0) is 23.1 Å². The van der Waals surface area contributed by atoms with Crippen molar-refractivity contribution in [3.05, 3.63) is 22.2 Å². The third-order valence-corrected chi connectivity index (χ3v) is 3.62. The predicted molar refractivity (Wildman–Crippen MR) is 71.5 cm³/mol. The van der Waals surface area contributed by atoms with Crippen molar-refractivity contribution >= 4 is 15.9 Å². The Balaban J connectivity index is 2.41. The van der Waals surface area contributed by atoms with Crippen molar-refractivity contribution in [2.75, 3.05) is 13.2 Å². The van der Waals surface area contributed by atoms with Crippen LogP contribution in [0.25, 0.3) is 0 Å². The summed E-state index contributed by atoms with van der Waals surface area (Å²) in [7, 11) is 0. The van der Waals surface area contributed by atoms with Gasteiger partial charge in [0.15, 0.2) is 11.5 Å². The first-order valence-corrected chi connectivity index (χ1v) is 6.53. The highest BCUT2D eigenvalue weighted by Gasteiger charge is 2.26. The van der Waals surface area contributed by atoms with Crippen molar-refractivity contribution in [1.82, 2.24) is 0 Å². The normalized spacial score (nSPS) is 16.8. The molecule has 4 heteroatoms. The summed E-state index contributed by atoms with van der Waals surface area (Å²) in [6.45, 7) is 7.58. The molecule has 1 aromatic carbocycles. The Kier molecular flexibility index (Phi) is 3.36. The van der Waals surface area contributed by atoms with Crippen LogP contribution in [0.2, 0.25) is 0 Å². The third-order valence-electron chi connectivity index (χ3n) is 2.93. The van der Waals surface area contributed by atoms with E-state index in [1.54, 1.807) is 0 Å².